The van der Waals surface area contributed by atoms with Crippen molar-refractivity contribution < 1.29 is 0 Å². The van der Waals surface area contributed by atoms with Crippen LogP contribution >= 0.6 is 11.6 Å². The molecule has 6 heteroatoms. The fraction of sp³-hybridized carbons (Fsp3) is 0.125. The number of fused-ring (bicyclic) bond motifs is 1. The minimum Gasteiger partial charge on any atom is -0.292 e. The molecule has 0 spiro atoms. The molecular weight excluding hydrogens is 293 g/mol. The molecule has 0 aliphatic heterocycles. The number of rotatable bonds is 3. The average Bonchev–Trinajstić information content (AvgIpc) is 2.51. The topological polar surface area (TPSA) is 34.9 Å². The van der Waals surface area contributed by atoms with E-state index in [1.807, 2.05) is 58.2 Å². The van der Waals surface area contributed by atoms with Crippen LogP contribution < -0.4 is 11.0 Å². The molecule has 0 fully saturated rings. The molecule has 1 heterocycles. The summed E-state index contributed by atoms with van der Waals surface area (Å²) in [5.74, 6) is 0.781. The van der Waals surface area contributed by atoms with E-state index < -0.39 is 0 Å². The third-order valence-electron chi connectivity index (χ3n) is 3.87. The van der Waals surface area contributed by atoms with Gasteiger partial charge in [-0.15, -0.1) is 0 Å². The van der Waals surface area contributed by atoms with Gasteiger partial charge in [-0.25, -0.2) is 4.98 Å². The highest BCUT2D eigenvalue weighted by Gasteiger charge is 2.12. The molecule has 3 nitrogen and oxygen atoms in total. The minimum absolute atomic E-state index is 0.000121. The van der Waals surface area contributed by atoms with Gasteiger partial charge in [-0.2, -0.15) is 0 Å². The molecule has 2 aromatic carbocycles. The predicted octanol–water partition coefficient (Wildman–Crippen LogP) is 0.490. The summed E-state index contributed by atoms with van der Waals surface area (Å²) in [6, 6.07) is 13.4. The molecule has 1 aromatic heterocycles. The van der Waals surface area contributed by atoms with Crippen LogP contribution in [0.5, 0.6) is 0 Å². The lowest BCUT2D eigenvalue weighted by molar-refractivity contribution is 0.707. The lowest BCUT2D eigenvalue weighted by atomic mass is 9.92. The van der Waals surface area contributed by atoms with E-state index in [9.17, 15) is 4.79 Å². The van der Waals surface area contributed by atoms with Crippen LogP contribution in [-0.4, -0.2) is 25.2 Å². The number of halogens is 1. The van der Waals surface area contributed by atoms with Crippen LogP contribution in [0.3, 0.4) is 0 Å². The third-order valence-corrected chi connectivity index (χ3v) is 4.24. The van der Waals surface area contributed by atoms with Crippen LogP contribution in [0.15, 0.2) is 47.3 Å². The standard InChI is InChI=1S/C16H15B2ClN2O/c17-8-14-20-13-7-3-5-11(18)15(13)16(22)21(14)9-10-4-1-2-6-12(10)19/h1-7H,8-9,17-18H2. The molecule has 22 heavy (non-hydrogen) atoms. The van der Waals surface area contributed by atoms with Crippen molar-refractivity contribution in [1.82, 2.24) is 9.55 Å². The zero-order valence-electron chi connectivity index (χ0n) is 12.6. The van der Waals surface area contributed by atoms with E-state index >= 15 is 0 Å². The van der Waals surface area contributed by atoms with Gasteiger partial charge >= 0.3 is 0 Å². The van der Waals surface area contributed by atoms with Gasteiger partial charge in [-0.1, -0.05) is 47.4 Å². The van der Waals surface area contributed by atoms with Gasteiger partial charge in [0, 0.05) is 5.02 Å². The minimum atomic E-state index is -0.000121. The van der Waals surface area contributed by atoms with Gasteiger partial charge in [0.05, 0.1) is 17.4 Å². The van der Waals surface area contributed by atoms with E-state index in [1.54, 1.807) is 4.57 Å². The Hall–Kier alpha value is -2.00. The lowest BCUT2D eigenvalue weighted by Gasteiger charge is -2.14. The van der Waals surface area contributed by atoms with Crippen molar-refractivity contribution in [2.45, 2.75) is 12.9 Å². The summed E-state index contributed by atoms with van der Waals surface area (Å²) in [5, 5.41) is 1.35. The molecule has 0 aliphatic carbocycles. The Morgan fingerprint density at radius 2 is 1.91 bits per heavy atom. The SMILES string of the molecule is BCc1nc2cccc(B)c2c(=O)n1Cc1ccccc1Cl. The quantitative estimate of drug-likeness (QED) is 0.660. The second kappa shape index (κ2) is 6.01. The van der Waals surface area contributed by atoms with Gasteiger partial charge in [-0.05, 0) is 24.0 Å². The fourth-order valence-electron chi connectivity index (χ4n) is 2.71. The number of nitrogens with zero attached hydrogens (tertiary/aromatic N) is 2. The van der Waals surface area contributed by atoms with Crippen molar-refractivity contribution in [3.8, 4) is 0 Å². The summed E-state index contributed by atoms with van der Waals surface area (Å²) in [5.41, 5.74) is 2.64. The van der Waals surface area contributed by atoms with Gasteiger partial charge < -0.3 is 0 Å². The first-order valence-electron chi connectivity index (χ1n) is 7.34. The molecular formula is C16H15B2ClN2O. The third kappa shape index (κ3) is 2.57. The smallest absolute Gasteiger partial charge is 0.261 e. The highest BCUT2D eigenvalue weighted by atomic mass is 35.5. The van der Waals surface area contributed by atoms with E-state index in [0.29, 0.717) is 23.3 Å². The van der Waals surface area contributed by atoms with E-state index in [-0.39, 0.29) is 5.56 Å². The van der Waals surface area contributed by atoms with Gasteiger partial charge in [0.2, 0.25) is 0 Å². The Morgan fingerprint density at radius 3 is 2.64 bits per heavy atom. The molecule has 108 valence electrons. The van der Waals surface area contributed by atoms with E-state index in [0.717, 1.165) is 22.4 Å². The predicted molar refractivity (Wildman–Crippen MR) is 97.0 cm³/mol. The fourth-order valence-corrected chi connectivity index (χ4v) is 2.90. The number of hydrogen-bond donors (Lipinski definition) is 0. The largest absolute Gasteiger partial charge is 0.292 e. The van der Waals surface area contributed by atoms with Crippen LogP contribution in [0.4, 0.5) is 0 Å². The lowest BCUT2D eigenvalue weighted by Crippen LogP contribution is -2.29. The summed E-state index contributed by atoms with van der Waals surface area (Å²) in [4.78, 5) is 17.6. The van der Waals surface area contributed by atoms with Crippen molar-refractivity contribution in [2.24, 2.45) is 0 Å². The van der Waals surface area contributed by atoms with Gasteiger partial charge in [0.15, 0.2) is 0 Å². The van der Waals surface area contributed by atoms with Crippen molar-refractivity contribution in [2.75, 3.05) is 0 Å². The molecule has 0 radical (unpaired) electrons. The highest BCUT2D eigenvalue weighted by Crippen LogP contribution is 2.16. The molecule has 3 rings (SSSR count). The Kier molecular flexibility index (Phi) is 4.08. The normalized spacial score (nSPS) is 11.0. The highest BCUT2D eigenvalue weighted by molar-refractivity contribution is 6.38. The number of benzene rings is 2. The zero-order valence-corrected chi connectivity index (χ0v) is 13.4. The molecule has 3 aromatic rings. The molecule has 0 aliphatic rings. The van der Waals surface area contributed by atoms with Crippen LogP contribution in [0.1, 0.15) is 11.4 Å². The van der Waals surface area contributed by atoms with Crippen molar-refractivity contribution >= 4 is 43.7 Å². The zero-order chi connectivity index (χ0) is 15.7. The van der Waals surface area contributed by atoms with Crippen molar-refractivity contribution in [3.63, 3.8) is 0 Å². The summed E-state index contributed by atoms with van der Waals surface area (Å²) < 4.78 is 1.73. The summed E-state index contributed by atoms with van der Waals surface area (Å²) in [6.07, 6.45) is 0.698. The maximum atomic E-state index is 12.9. The van der Waals surface area contributed by atoms with E-state index in [2.05, 4.69) is 4.98 Å². The van der Waals surface area contributed by atoms with Crippen molar-refractivity contribution in [1.29, 1.82) is 0 Å². The Bertz CT molecular complexity index is 908. The summed E-state index contributed by atoms with van der Waals surface area (Å²) in [6.45, 7) is 0.443. The average molecular weight is 308 g/mol. The van der Waals surface area contributed by atoms with Gasteiger partial charge in [-0.3, -0.25) is 9.36 Å². The molecule has 0 N–H and O–H groups in total. The maximum Gasteiger partial charge on any atom is 0.261 e. The first-order chi connectivity index (χ1) is 10.6. The van der Waals surface area contributed by atoms with Crippen molar-refractivity contribution in [3.05, 3.63) is 69.2 Å². The van der Waals surface area contributed by atoms with E-state index in [4.69, 9.17) is 11.6 Å². The molecule has 0 bridgehead atoms. The van der Waals surface area contributed by atoms with Crippen LogP contribution in [0, 0.1) is 0 Å². The second-order valence-electron chi connectivity index (χ2n) is 5.33. The molecule has 0 saturated heterocycles. The summed E-state index contributed by atoms with van der Waals surface area (Å²) in [7, 11) is 3.95. The number of hydrogen-bond acceptors (Lipinski definition) is 2. The van der Waals surface area contributed by atoms with Crippen LogP contribution in [-0.2, 0) is 12.9 Å². The maximum absolute atomic E-state index is 12.9. The molecule has 0 saturated carbocycles. The van der Waals surface area contributed by atoms with Crippen LogP contribution in [0.25, 0.3) is 10.9 Å². The van der Waals surface area contributed by atoms with Crippen LogP contribution in [0.2, 0.25) is 5.02 Å². The van der Waals surface area contributed by atoms with Gasteiger partial charge in [0.25, 0.3) is 5.56 Å². The monoisotopic (exact) mass is 308 g/mol. The van der Waals surface area contributed by atoms with E-state index in [1.165, 1.54) is 0 Å². The van der Waals surface area contributed by atoms with Gasteiger partial charge in [0.1, 0.15) is 21.5 Å². The molecule has 0 atom stereocenters. The molecule has 0 unspecified atom stereocenters. The Morgan fingerprint density at radius 1 is 1.14 bits per heavy atom. The second-order valence-corrected chi connectivity index (χ2v) is 5.74. The number of aromatic nitrogens is 2. The Labute approximate surface area is 135 Å². The summed E-state index contributed by atoms with van der Waals surface area (Å²) >= 11 is 6.24. The first kappa shape index (κ1) is 14.9. The Balaban J connectivity index is 2.24. The molecule has 0 amide bonds. The first-order valence-corrected chi connectivity index (χ1v) is 7.72.